The molecule has 1 aliphatic carbocycles. The predicted molar refractivity (Wildman–Crippen MR) is 68.7 cm³/mol. The minimum absolute atomic E-state index is 0.254. The van der Waals surface area contributed by atoms with E-state index in [9.17, 15) is 0 Å². The molecule has 15 heavy (non-hydrogen) atoms. The van der Waals surface area contributed by atoms with E-state index in [0.717, 1.165) is 17.3 Å². The van der Waals surface area contributed by atoms with E-state index in [0.29, 0.717) is 0 Å². The van der Waals surface area contributed by atoms with Gasteiger partial charge in [0.25, 0.3) is 0 Å². The van der Waals surface area contributed by atoms with Gasteiger partial charge in [-0.25, -0.2) is 0 Å². The van der Waals surface area contributed by atoms with Crippen molar-refractivity contribution in [2.24, 2.45) is 5.73 Å². The molecule has 0 unspecified atom stereocenters. The Morgan fingerprint density at radius 2 is 2.07 bits per heavy atom. The van der Waals surface area contributed by atoms with Gasteiger partial charge in [-0.05, 0) is 55.5 Å². The van der Waals surface area contributed by atoms with Crippen LogP contribution in [0.2, 0.25) is 0 Å². The van der Waals surface area contributed by atoms with E-state index < -0.39 is 0 Å². The summed E-state index contributed by atoms with van der Waals surface area (Å²) in [6, 6.07) is 6.47. The van der Waals surface area contributed by atoms with Gasteiger partial charge in [-0.3, -0.25) is 0 Å². The fourth-order valence-corrected chi connectivity index (χ4v) is 2.47. The Morgan fingerprint density at radius 3 is 2.73 bits per heavy atom. The first-order valence-electron chi connectivity index (χ1n) is 5.27. The maximum absolute atomic E-state index is 6.19. The summed E-state index contributed by atoms with van der Waals surface area (Å²) >= 11 is 3.52. The number of rotatable bonds is 1. The zero-order valence-corrected chi connectivity index (χ0v) is 10.8. The van der Waals surface area contributed by atoms with Crippen molar-refractivity contribution < 1.29 is 0 Å². The third-order valence-corrected chi connectivity index (χ3v) is 3.31. The minimum atomic E-state index is -0.254. The zero-order chi connectivity index (χ0) is 11.1. The van der Waals surface area contributed by atoms with E-state index in [1.807, 2.05) is 0 Å². The number of halogens is 1. The smallest absolute Gasteiger partial charge is 0.0355 e. The Labute approximate surface area is 99.5 Å². The lowest BCUT2D eigenvalue weighted by atomic mass is 9.81. The molecule has 1 aromatic rings. The van der Waals surface area contributed by atoms with Gasteiger partial charge in [0.05, 0.1) is 0 Å². The van der Waals surface area contributed by atoms with Crippen molar-refractivity contribution in [2.75, 3.05) is 0 Å². The molecule has 0 amide bonds. The Balaban J connectivity index is 2.54. The molecule has 2 rings (SSSR count). The van der Waals surface area contributed by atoms with Gasteiger partial charge in [0.2, 0.25) is 0 Å². The Bertz CT molecular complexity index is 413. The molecule has 0 atom stereocenters. The second-order valence-corrected chi connectivity index (χ2v) is 5.60. The van der Waals surface area contributed by atoms with Crippen LogP contribution >= 0.6 is 15.9 Å². The van der Waals surface area contributed by atoms with Crippen LogP contribution in [0.3, 0.4) is 0 Å². The number of nitrogens with two attached hydrogens (primary N) is 1. The van der Waals surface area contributed by atoms with Crippen molar-refractivity contribution in [2.45, 2.75) is 32.2 Å². The second-order valence-electron chi connectivity index (χ2n) is 4.68. The Kier molecular flexibility index (Phi) is 2.73. The summed E-state index contributed by atoms with van der Waals surface area (Å²) in [5, 5.41) is 0. The van der Waals surface area contributed by atoms with Crippen LogP contribution in [0, 0.1) is 0 Å². The number of benzene rings is 1. The maximum Gasteiger partial charge on any atom is 0.0355 e. The van der Waals surface area contributed by atoms with Crippen molar-refractivity contribution in [3.05, 3.63) is 39.9 Å². The van der Waals surface area contributed by atoms with Crippen molar-refractivity contribution in [3.8, 4) is 0 Å². The van der Waals surface area contributed by atoms with Crippen LogP contribution in [-0.4, -0.2) is 5.54 Å². The molecule has 1 aliphatic rings. The van der Waals surface area contributed by atoms with Crippen molar-refractivity contribution in [1.82, 2.24) is 0 Å². The molecule has 0 saturated heterocycles. The van der Waals surface area contributed by atoms with E-state index in [4.69, 9.17) is 5.73 Å². The average Bonchev–Trinajstić information content (AvgIpc) is 2.15. The van der Waals surface area contributed by atoms with Gasteiger partial charge in [-0.1, -0.05) is 28.1 Å². The summed E-state index contributed by atoms with van der Waals surface area (Å²) in [4.78, 5) is 0. The standard InChI is InChI=1S/C13H16BrN/c1-13(2,15)12-5-3-4-9-6-7-10(14)8-11(9)12/h5-8H,3-4,15H2,1-2H3. The first kappa shape index (κ1) is 10.9. The molecule has 1 nitrogen and oxygen atoms in total. The number of allylic oxidation sites excluding steroid dienone is 1. The lowest BCUT2D eigenvalue weighted by Crippen LogP contribution is -2.34. The van der Waals surface area contributed by atoms with E-state index in [2.05, 4.69) is 54.1 Å². The van der Waals surface area contributed by atoms with Crippen LogP contribution in [0.1, 0.15) is 31.4 Å². The summed E-state index contributed by atoms with van der Waals surface area (Å²) in [6.45, 7) is 4.13. The van der Waals surface area contributed by atoms with Crippen molar-refractivity contribution in [3.63, 3.8) is 0 Å². The van der Waals surface area contributed by atoms with Crippen molar-refractivity contribution in [1.29, 1.82) is 0 Å². The SMILES string of the molecule is CC(C)(N)C1=CCCc2ccc(Br)cc21. The van der Waals surface area contributed by atoms with Gasteiger partial charge >= 0.3 is 0 Å². The first-order valence-corrected chi connectivity index (χ1v) is 6.06. The number of fused-ring (bicyclic) bond motifs is 1. The van der Waals surface area contributed by atoms with Gasteiger partial charge in [0.15, 0.2) is 0 Å². The lowest BCUT2D eigenvalue weighted by molar-refractivity contribution is 0.667. The summed E-state index contributed by atoms with van der Waals surface area (Å²) in [7, 11) is 0. The molecular formula is C13H16BrN. The van der Waals surface area contributed by atoms with Crippen LogP contribution in [0.5, 0.6) is 0 Å². The van der Waals surface area contributed by atoms with E-state index in [1.54, 1.807) is 0 Å². The van der Waals surface area contributed by atoms with Crippen LogP contribution in [0.4, 0.5) is 0 Å². The number of hydrogen-bond acceptors (Lipinski definition) is 1. The highest BCUT2D eigenvalue weighted by molar-refractivity contribution is 9.10. The molecule has 2 N–H and O–H groups in total. The van der Waals surface area contributed by atoms with Crippen LogP contribution < -0.4 is 5.73 Å². The molecule has 0 heterocycles. The van der Waals surface area contributed by atoms with Gasteiger partial charge in [0, 0.05) is 10.0 Å². The van der Waals surface area contributed by atoms with E-state index in [-0.39, 0.29) is 5.54 Å². The Morgan fingerprint density at radius 1 is 1.33 bits per heavy atom. The van der Waals surface area contributed by atoms with Gasteiger partial charge in [-0.2, -0.15) is 0 Å². The van der Waals surface area contributed by atoms with Gasteiger partial charge in [0.1, 0.15) is 0 Å². The molecule has 0 aromatic heterocycles. The number of hydrogen-bond donors (Lipinski definition) is 1. The fraction of sp³-hybridized carbons (Fsp3) is 0.385. The highest BCUT2D eigenvalue weighted by atomic mass is 79.9. The van der Waals surface area contributed by atoms with Crippen LogP contribution in [0.25, 0.3) is 5.57 Å². The summed E-state index contributed by atoms with van der Waals surface area (Å²) < 4.78 is 1.12. The molecular weight excluding hydrogens is 250 g/mol. The topological polar surface area (TPSA) is 26.0 Å². The summed E-state index contributed by atoms with van der Waals surface area (Å²) in [6.07, 6.45) is 4.50. The lowest BCUT2D eigenvalue weighted by Gasteiger charge is -2.28. The molecule has 80 valence electrons. The van der Waals surface area contributed by atoms with Crippen LogP contribution in [0.15, 0.2) is 28.7 Å². The highest BCUT2D eigenvalue weighted by Crippen LogP contribution is 2.34. The maximum atomic E-state index is 6.19. The minimum Gasteiger partial charge on any atom is -0.322 e. The molecule has 1 aromatic carbocycles. The Hall–Kier alpha value is -0.600. The number of aryl methyl sites for hydroxylation is 1. The highest BCUT2D eigenvalue weighted by Gasteiger charge is 2.23. The fourth-order valence-electron chi connectivity index (χ4n) is 2.11. The largest absolute Gasteiger partial charge is 0.322 e. The molecule has 0 spiro atoms. The monoisotopic (exact) mass is 265 g/mol. The van der Waals surface area contributed by atoms with Crippen molar-refractivity contribution >= 4 is 21.5 Å². The molecule has 0 aliphatic heterocycles. The summed E-state index contributed by atoms with van der Waals surface area (Å²) in [5.74, 6) is 0. The second kappa shape index (κ2) is 3.76. The molecule has 0 radical (unpaired) electrons. The van der Waals surface area contributed by atoms with Gasteiger partial charge < -0.3 is 5.73 Å². The van der Waals surface area contributed by atoms with E-state index >= 15 is 0 Å². The molecule has 0 bridgehead atoms. The molecule has 2 heteroatoms. The predicted octanol–water partition coefficient (Wildman–Crippen LogP) is 3.52. The average molecular weight is 266 g/mol. The quantitative estimate of drug-likeness (QED) is 0.827. The first-order chi connectivity index (χ1) is 6.98. The van der Waals surface area contributed by atoms with Crippen LogP contribution in [-0.2, 0) is 6.42 Å². The third-order valence-electron chi connectivity index (χ3n) is 2.82. The van der Waals surface area contributed by atoms with Gasteiger partial charge in [-0.15, -0.1) is 0 Å². The van der Waals surface area contributed by atoms with E-state index in [1.165, 1.54) is 16.7 Å². The summed E-state index contributed by atoms with van der Waals surface area (Å²) in [5.41, 5.74) is 9.93. The third kappa shape index (κ3) is 2.16. The normalized spacial score (nSPS) is 15.9. The zero-order valence-electron chi connectivity index (χ0n) is 9.18. The molecule has 0 saturated carbocycles. The molecule has 0 fully saturated rings.